The fourth-order valence-electron chi connectivity index (χ4n) is 1.97. The lowest BCUT2D eigenvalue weighted by molar-refractivity contribution is 0.0998. The SMILES string of the molecule is N#Cc1ccc(Cl)c(NC(=O)c2cc3ccccc3o2)c1. The predicted molar refractivity (Wildman–Crippen MR) is 80.3 cm³/mol. The second kappa shape index (κ2) is 5.31. The van der Waals surface area contributed by atoms with Gasteiger partial charge in [-0.25, -0.2) is 0 Å². The van der Waals surface area contributed by atoms with Crippen molar-refractivity contribution in [3.63, 3.8) is 0 Å². The highest BCUT2D eigenvalue weighted by atomic mass is 35.5. The van der Waals surface area contributed by atoms with Crippen molar-refractivity contribution >= 4 is 34.2 Å². The zero-order valence-electron chi connectivity index (χ0n) is 10.8. The number of carbonyl (C=O) groups excluding carboxylic acids is 1. The quantitative estimate of drug-likeness (QED) is 0.770. The summed E-state index contributed by atoms with van der Waals surface area (Å²) in [7, 11) is 0. The van der Waals surface area contributed by atoms with Gasteiger partial charge in [0.05, 0.1) is 22.3 Å². The molecule has 0 fully saturated rings. The van der Waals surface area contributed by atoms with Crippen LogP contribution in [0.5, 0.6) is 0 Å². The minimum Gasteiger partial charge on any atom is -0.451 e. The average Bonchev–Trinajstić information content (AvgIpc) is 2.93. The van der Waals surface area contributed by atoms with Crippen LogP contribution in [0.2, 0.25) is 5.02 Å². The first-order chi connectivity index (χ1) is 10.2. The summed E-state index contributed by atoms with van der Waals surface area (Å²) in [6, 6.07) is 15.7. The van der Waals surface area contributed by atoms with Crippen molar-refractivity contribution in [2.24, 2.45) is 0 Å². The fraction of sp³-hybridized carbons (Fsp3) is 0. The molecule has 0 spiro atoms. The molecule has 0 atom stereocenters. The summed E-state index contributed by atoms with van der Waals surface area (Å²) in [6.45, 7) is 0. The Labute approximate surface area is 125 Å². The largest absolute Gasteiger partial charge is 0.451 e. The van der Waals surface area contributed by atoms with Gasteiger partial charge >= 0.3 is 0 Å². The van der Waals surface area contributed by atoms with Crippen molar-refractivity contribution in [2.75, 3.05) is 5.32 Å². The Morgan fingerprint density at radius 1 is 1.19 bits per heavy atom. The number of anilines is 1. The third-order valence-electron chi connectivity index (χ3n) is 2.99. The van der Waals surface area contributed by atoms with E-state index in [2.05, 4.69) is 5.32 Å². The minimum absolute atomic E-state index is 0.189. The van der Waals surface area contributed by atoms with Crippen LogP contribution in [0.3, 0.4) is 0 Å². The molecule has 0 aliphatic carbocycles. The maximum absolute atomic E-state index is 12.2. The van der Waals surface area contributed by atoms with E-state index >= 15 is 0 Å². The number of fused-ring (bicyclic) bond motifs is 1. The van der Waals surface area contributed by atoms with Gasteiger partial charge in [0.2, 0.25) is 0 Å². The van der Waals surface area contributed by atoms with E-state index in [0.29, 0.717) is 21.9 Å². The number of benzene rings is 2. The van der Waals surface area contributed by atoms with Crippen LogP contribution in [0.25, 0.3) is 11.0 Å². The van der Waals surface area contributed by atoms with Crippen molar-refractivity contribution in [1.29, 1.82) is 5.26 Å². The molecule has 0 bridgehead atoms. The van der Waals surface area contributed by atoms with Crippen LogP contribution in [0, 0.1) is 11.3 Å². The summed E-state index contributed by atoms with van der Waals surface area (Å²) in [5.41, 5.74) is 1.43. The molecule has 0 aliphatic heterocycles. The Morgan fingerprint density at radius 3 is 2.76 bits per heavy atom. The Kier molecular flexibility index (Phi) is 3.35. The third kappa shape index (κ3) is 2.60. The molecule has 1 N–H and O–H groups in total. The monoisotopic (exact) mass is 296 g/mol. The number of hydrogen-bond donors (Lipinski definition) is 1. The normalized spacial score (nSPS) is 10.3. The number of rotatable bonds is 2. The Balaban J connectivity index is 1.91. The van der Waals surface area contributed by atoms with Crippen molar-refractivity contribution in [3.8, 4) is 6.07 Å². The van der Waals surface area contributed by atoms with E-state index in [0.717, 1.165) is 5.39 Å². The molecule has 5 heteroatoms. The number of carbonyl (C=O) groups is 1. The van der Waals surface area contributed by atoms with Gasteiger partial charge in [0.1, 0.15) is 5.58 Å². The van der Waals surface area contributed by atoms with Gasteiger partial charge in [-0.05, 0) is 30.3 Å². The number of nitrogens with one attached hydrogen (secondary N) is 1. The lowest BCUT2D eigenvalue weighted by atomic mass is 10.2. The molecule has 3 rings (SSSR count). The number of para-hydroxylation sites is 1. The third-order valence-corrected chi connectivity index (χ3v) is 3.32. The topological polar surface area (TPSA) is 66.0 Å². The standard InChI is InChI=1S/C16H9ClN2O2/c17-12-6-5-10(9-18)7-13(12)19-16(20)15-8-11-3-1-2-4-14(11)21-15/h1-8H,(H,19,20). The van der Waals surface area contributed by atoms with Gasteiger partial charge in [-0.2, -0.15) is 5.26 Å². The van der Waals surface area contributed by atoms with Gasteiger partial charge in [0, 0.05) is 5.39 Å². The number of amides is 1. The van der Waals surface area contributed by atoms with Crippen LogP contribution in [0.1, 0.15) is 16.1 Å². The lowest BCUT2D eigenvalue weighted by Gasteiger charge is -2.05. The number of nitriles is 1. The molecule has 0 saturated heterocycles. The molecule has 1 aromatic heterocycles. The molecule has 2 aromatic carbocycles. The van der Waals surface area contributed by atoms with E-state index in [-0.39, 0.29) is 5.76 Å². The van der Waals surface area contributed by atoms with Crippen molar-refractivity contribution in [2.45, 2.75) is 0 Å². The lowest BCUT2D eigenvalue weighted by Crippen LogP contribution is -2.11. The average molecular weight is 297 g/mol. The summed E-state index contributed by atoms with van der Waals surface area (Å²) in [4.78, 5) is 12.2. The van der Waals surface area contributed by atoms with Gasteiger partial charge in [0.15, 0.2) is 5.76 Å². The van der Waals surface area contributed by atoms with Crippen LogP contribution >= 0.6 is 11.6 Å². The smallest absolute Gasteiger partial charge is 0.291 e. The minimum atomic E-state index is -0.414. The highest BCUT2D eigenvalue weighted by Gasteiger charge is 2.14. The highest BCUT2D eigenvalue weighted by molar-refractivity contribution is 6.34. The molecule has 0 radical (unpaired) electrons. The Hall–Kier alpha value is -2.77. The van der Waals surface area contributed by atoms with Gasteiger partial charge in [-0.15, -0.1) is 0 Å². The fourth-order valence-corrected chi connectivity index (χ4v) is 2.13. The maximum atomic E-state index is 12.2. The summed E-state index contributed by atoms with van der Waals surface area (Å²) >= 11 is 6.01. The molecule has 102 valence electrons. The first-order valence-electron chi connectivity index (χ1n) is 6.17. The zero-order valence-corrected chi connectivity index (χ0v) is 11.5. The molecular formula is C16H9ClN2O2. The predicted octanol–water partition coefficient (Wildman–Crippen LogP) is 4.21. The van der Waals surface area contributed by atoms with Gasteiger partial charge < -0.3 is 9.73 Å². The summed E-state index contributed by atoms with van der Waals surface area (Å²) in [5.74, 6) is -0.224. The first-order valence-corrected chi connectivity index (χ1v) is 6.55. The van der Waals surface area contributed by atoms with Crippen molar-refractivity contribution in [1.82, 2.24) is 0 Å². The van der Waals surface area contributed by atoms with Gasteiger partial charge in [-0.1, -0.05) is 29.8 Å². The number of nitrogens with zero attached hydrogens (tertiary/aromatic N) is 1. The maximum Gasteiger partial charge on any atom is 0.291 e. The van der Waals surface area contributed by atoms with E-state index in [9.17, 15) is 4.79 Å². The molecule has 4 nitrogen and oxygen atoms in total. The molecule has 1 heterocycles. The highest BCUT2D eigenvalue weighted by Crippen LogP contribution is 2.25. The summed E-state index contributed by atoms with van der Waals surface area (Å²) < 4.78 is 5.48. The molecule has 0 unspecified atom stereocenters. The molecule has 0 aliphatic rings. The van der Waals surface area contributed by atoms with Crippen molar-refractivity contribution < 1.29 is 9.21 Å². The van der Waals surface area contributed by atoms with E-state index in [1.54, 1.807) is 24.3 Å². The Bertz CT molecular complexity index is 844. The Morgan fingerprint density at radius 2 is 2.00 bits per heavy atom. The van der Waals surface area contributed by atoms with Crippen LogP contribution in [0.4, 0.5) is 5.69 Å². The van der Waals surface area contributed by atoms with Gasteiger partial charge in [-0.3, -0.25) is 4.79 Å². The molecule has 21 heavy (non-hydrogen) atoms. The van der Waals surface area contributed by atoms with Crippen molar-refractivity contribution in [3.05, 3.63) is 64.9 Å². The molecule has 3 aromatic rings. The van der Waals surface area contributed by atoms with E-state index in [4.69, 9.17) is 21.3 Å². The van der Waals surface area contributed by atoms with E-state index in [1.165, 1.54) is 6.07 Å². The second-order valence-electron chi connectivity index (χ2n) is 4.41. The van der Waals surface area contributed by atoms with E-state index < -0.39 is 5.91 Å². The van der Waals surface area contributed by atoms with Crippen LogP contribution in [-0.4, -0.2) is 5.91 Å². The van der Waals surface area contributed by atoms with Crippen LogP contribution in [-0.2, 0) is 0 Å². The number of hydrogen-bond acceptors (Lipinski definition) is 3. The molecule has 1 amide bonds. The molecule has 0 saturated carbocycles. The number of furan rings is 1. The van der Waals surface area contributed by atoms with E-state index in [1.807, 2.05) is 24.3 Å². The number of halogens is 1. The van der Waals surface area contributed by atoms with Gasteiger partial charge in [0.25, 0.3) is 5.91 Å². The van der Waals surface area contributed by atoms with Crippen LogP contribution in [0.15, 0.2) is 52.9 Å². The summed E-state index contributed by atoms with van der Waals surface area (Å²) in [5, 5.41) is 12.7. The van der Waals surface area contributed by atoms with Crippen LogP contribution < -0.4 is 5.32 Å². The zero-order chi connectivity index (χ0) is 14.8. The second-order valence-corrected chi connectivity index (χ2v) is 4.82. The first kappa shape index (κ1) is 13.2. The molecular weight excluding hydrogens is 288 g/mol. The summed E-state index contributed by atoms with van der Waals surface area (Å²) in [6.07, 6.45) is 0.